The van der Waals surface area contributed by atoms with Crippen molar-refractivity contribution < 1.29 is 9.59 Å². The van der Waals surface area contributed by atoms with Crippen LogP contribution in [0.5, 0.6) is 0 Å². The fourth-order valence-corrected chi connectivity index (χ4v) is 5.33. The molecule has 1 N–H and O–H groups in total. The molecule has 2 aromatic heterocycles. The largest absolute Gasteiger partial charge is 0.351 e. The molecule has 0 saturated heterocycles. The molecule has 9 heteroatoms. The van der Waals surface area contributed by atoms with Gasteiger partial charge in [0.1, 0.15) is 12.6 Å². The zero-order chi connectivity index (χ0) is 24.9. The van der Waals surface area contributed by atoms with Gasteiger partial charge in [-0.25, -0.2) is 0 Å². The van der Waals surface area contributed by atoms with Gasteiger partial charge >= 0.3 is 0 Å². The average Bonchev–Trinajstić information content (AvgIpc) is 3.67. The summed E-state index contributed by atoms with van der Waals surface area (Å²) < 4.78 is 0. The summed E-state index contributed by atoms with van der Waals surface area (Å²) in [6.45, 7) is 1.87. The number of aryl methyl sites for hydroxylation is 1. The molecule has 1 saturated carbocycles. The van der Waals surface area contributed by atoms with Crippen molar-refractivity contribution in [2.75, 3.05) is 4.90 Å². The normalized spacial score (nSPS) is 14.5. The van der Waals surface area contributed by atoms with Crippen molar-refractivity contribution in [3.8, 4) is 11.4 Å². The Morgan fingerprint density at radius 1 is 1.06 bits per heavy atom. The number of benzene rings is 2. The van der Waals surface area contributed by atoms with Gasteiger partial charge in [0, 0.05) is 22.2 Å². The molecule has 184 valence electrons. The summed E-state index contributed by atoms with van der Waals surface area (Å²) in [7, 11) is 0. The summed E-state index contributed by atoms with van der Waals surface area (Å²) in [5.74, 6) is -0.0229. The standard InChI is InChI=1S/C27H28N6O2S/c1-19-13-15-20(16-14-19)26-29-31-32(30-26)18-24(34)33(22-10-3-2-4-11-22)25(23-12-7-17-36-23)27(35)28-21-8-5-6-9-21/h2-4,7,10-17,21,25H,5-6,8-9,18H2,1H3,(H,28,35). The molecule has 2 amide bonds. The Labute approximate surface area is 214 Å². The minimum Gasteiger partial charge on any atom is -0.351 e. The fraction of sp³-hybridized carbons (Fsp3) is 0.296. The lowest BCUT2D eigenvalue weighted by molar-refractivity contribution is -0.127. The number of nitrogens with one attached hydrogen (secondary N) is 1. The van der Waals surface area contributed by atoms with Gasteiger partial charge < -0.3 is 5.32 Å². The number of thiophene rings is 1. The van der Waals surface area contributed by atoms with Crippen molar-refractivity contribution in [3.63, 3.8) is 0 Å². The lowest BCUT2D eigenvalue weighted by Gasteiger charge is -2.31. The number of hydrogen-bond donors (Lipinski definition) is 1. The molecule has 2 aromatic carbocycles. The highest BCUT2D eigenvalue weighted by Gasteiger charge is 2.35. The second kappa shape index (κ2) is 10.8. The minimum absolute atomic E-state index is 0.140. The van der Waals surface area contributed by atoms with Crippen molar-refractivity contribution in [2.45, 2.75) is 51.2 Å². The maximum Gasteiger partial charge on any atom is 0.251 e. The number of carbonyl (C=O) groups is 2. The second-order valence-electron chi connectivity index (χ2n) is 9.02. The SMILES string of the molecule is Cc1ccc(-c2nnn(CC(=O)N(c3ccccc3)C(C(=O)NC3CCCC3)c3cccs3)n2)cc1. The van der Waals surface area contributed by atoms with Crippen LogP contribution in [-0.4, -0.2) is 38.1 Å². The molecule has 0 spiro atoms. The summed E-state index contributed by atoms with van der Waals surface area (Å²) >= 11 is 1.46. The first kappa shape index (κ1) is 23.9. The lowest BCUT2D eigenvalue weighted by Crippen LogP contribution is -2.47. The van der Waals surface area contributed by atoms with Crippen LogP contribution in [-0.2, 0) is 16.1 Å². The Hall–Kier alpha value is -3.85. The number of anilines is 1. The smallest absolute Gasteiger partial charge is 0.251 e. The van der Waals surface area contributed by atoms with Crippen molar-refractivity contribution in [1.29, 1.82) is 0 Å². The van der Waals surface area contributed by atoms with Crippen LogP contribution in [0.3, 0.4) is 0 Å². The highest BCUT2D eigenvalue weighted by molar-refractivity contribution is 7.10. The molecule has 8 nitrogen and oxygen atoms in total. The maximum absolute atomic E-state index is 13.8. The van der Waals surface area contributed by atoms with E-state index in [0.717, 1.165) is 41.7 Å². The van der Waals surface area contributed by atoms with Gasteiger partial charge in [-0.1, -0.05) is 66.9 Å². The molecule has 5 rings (SSSR count). The van der Waals surface area contributed by atoms with Crippen molar-refractivity contribution in [1.82, 2.24) is 25.5 Å². The topological polar surface area (TPSA) is 93.0 Å². The van der Waals surface area contributed by atoms with E-state index in [1.807, 2.05) is 79.0 Å². The van der Waals surface area contributed by atoms with Crippen LogP contribution in [0.2, 0.25) is 0 Å². The number of aromatic nitrogens is 4. The van der Waals surface area contributed by atoms with Crippen LogP contribution < -0.4 is 10.2 Å². The molecule has 1 aliphatic carbocycles. The number of rotatable bonds is 8. The molecule has 0 bridgehead atoms. The van der Waals surface area contributed by atoms with Crippen molar-refractivity contribution in [2.24, 2.45) is 0 Å². The first-order chi connectivity index (χ1) is 17.6. The van der Waals surface area contributed by atoms with E-state index in [1.54, 1.807) is 4.90 Å². The third-order valence-electron chi connectivity index (χ3n) is 6.36. The summed E-state index contributed by atoms with van der Waals surface area (Å²) in [6, 6.07) is 20.2. The van der Waals surface area contributed by atoms with E-state index in [4.69, 9.17) is 0 Å². The van der Waals surface area contributed by atoms with Crippen LogP contribution in [0, 0.1) is 6.92 Å². The van der Waals surface area contributed by atoms with E-state index in [1.165, 1.54) is 16.1 Å². The number of para-hydroxylation sites is 1. The first-order valence-corrected chi connectivity index (χ1v) is 13.0. The predicted molar refractivity (Wildman–Crippen MR) is 139 cm³/mol. The van der Waals surface area contributed by atoms with Gasteiger partial charge in [0.15, 0.2) is 0 Å². The monoisotopic (exact) mass is 500 g/mol. The number of tetrazole rings is 1. The van der Waals surface area contributed by atoms with Gasteiger partial charge in [0.2, 0.25) is 11.7 Å². The van der Waals surface area contributed by atoms with Gasteiger partial charge in [-0.2, -0.15) is 4.80 Å². The third-order valence-corrected chi connectivity index (χ3v) is 7.29. The summed E-state index contributed by atoms with van der Waals surface area (Å²) in [6.07, 6.45) is 4.15. The Morgan fingerprint density at radius 3 is 2.50 bits per heavy atom. The van der Waals surface area contributed by atoms with E-state index < -0.39 is 6.04 Å². The van der Waals surface area contributed by atoms with Crippen LogP contribution in [0.15, 0.2) is 72.1 Å². The molecule has 4 aromatic rings. The number of nitrogens with zero attached hydrogens (tertiary/aromatic N) is 5. The molecule has 2 heterocycles. The Bertz CT molecular complexity index is 1300. The van der Waals surface area contributed by atoms with Crippen LogP contribution in [0.25, 0.3) is 11.4 Å². The zero-order valence-corrected chi connectivity index (χ0v) is 20.9. The minimum atomic E-state index is -0.791. The van der Waals surface area contributed by atoms with E-state index in [2.05, 4.69) is 20.7 Å². The molecule has 36 heavy (non-hydrogen) atoms. The van der Waals surface area contributed by atoms with Crippen molar-refractivity contribution >= 4 is 28.8 Å². The quantitative estimate of drug-likeness (QED) is 0.383. The van der Waals surface area contributed by atoms with Crippen LogP contribution in [0.1, 0.15) is 42.2 Å². The zero-order valence-electron chi connectivity index (χ0n) is 20.1. The molecule has 1 unspecified atom stereocenters. The van der Waals surface area contributed by atoms with E-state index in [9.17, 15) is 9.59 Å². The van der Waals surface area contributed by atoms with Gasteiger partial charge in [-0.3, -0.25) is 14.5 Å². The second-order valence-corrected chi connectivity index (χ2v) is 10.00. The first-order valence-electron chi connectivity index (χ1n) is 12.1. The molecule has 1 atom stereocenters. The molecule has 1 aliphatic rings. The molecular weight excluding hydrogens is 472 g/mol. The molecular formula is C27H28N6O2S. The Kier molecular flexibility index (Phi) is 7.18. The number of amides is 2. The summed E-state index contributed by atoms with van der Waals surface area (Å²) in [4.78, 5) is 31.1. The van der Waals surface area contributed by atoms with Gasteiger partial charge in [-0.05, 0) is 48.6 Å². The number of hydrogen-bond acceptors (Lipinski definition) is 6. The van der Waals surface area contributed by atoms with E-state index in [0.29, 0.717) is 11.5 Å². The highest BCUT2D eigenvalue weighted by atomic mass is 32.1. The average molecular weight is 501 g/mol. The molecule has 0 radical (unpaired) electrons. The Balaban J connectivity index is 1.44. The van der Waals surface area contributed by atoms with Crippen molar-refractivity contribution in [3.05, 3.63) is 82.6 Å². The predicted octanol–water partition coefficient (Wildman–Crippen LogP) is 4.54. The highest BCUT2D eigenvalue weighted by Crippen LogP contribution is 2.32. The van der Waals surface area contributed by atoms with Crippen LogP contribution in [0.4, 0.5) is 5.69 Å². The number of carbonyl (C=O) groups excluding carboxylic acids is 2. The Morgan fingerprint density at radius 2 is 1.81 bits per heavy atom. The fourth-order valence-electron chi connectivity index (χ4n) is 4.52. The summed E-state index contributed by atoms with van der Waals surface area (Å²) in [5.41, 5.74) is 2.60. The van der Waals surface area contributed by atoms with E-state index >= 15 is 0 Å². The van der Waals surface area contributed by atoms with Gasteiger partial charge in [0.25, 0.3) is 5.91 Å². The lowest BCUT2D eigenvalue weighted by atomic mass is 10.1. The third kappa shape index (κ3) is 5.36. The summed E-state index contributed by atoms with van der Waals surface area (Å²) in [5, 5.41) is 17.8. The molecule has 0 aliphatic heterocycles. The van der Waals surface area contributed by atoms with Crippen LogP contribution >= 0.6 is 11.3 Å². The molecule has 1 fully saturated rings. The van der Waals surface area contributed by atoms with Gasteiger partial charge in [-0.15, -0.1) is 21.5 Å². The van der Waals surface area contributed by atoms with E-state index in [-0.39, 0.29) is 24.4 Å². The maximum atomic E-state index is 13.8. The van der Waals surface area contributed by atoms with Gasteiger partial charge in [0.05, 0.1) is 0 Å².